The van der Waals surface area contributed by atoms with Gasteiger partial charge in [0.1, 0.15) is 17.3 Å². The van der Waals surface area contributed by atoms with Gasteiger partial charge in [-0.1, -0.05) is 35.9 Å². The first kappa shape index (κ1) is 16.1. The van der Waals surface area contributed by atoms with Crippen LogP contribution in [0.4, 0.5) is 0 Å². The summed E-state index contributed by atoms with van der Waals surface area (Å²) in [6.45, 7) is 0. The van der Waals surface area contributed by atoms with E-state index in [1.807, 2.05) is 36.4 Å². The average molecular weight is 339 g/mol. The summed E-state index contributed by atoms with van der Waals surface area (Å²) in [7, 11) is 1.57. The summed E-state index contributed by atoms with van der Waals surface area (Å²) in [6, 6.07) is 18.1. The molecule has 0 saturated heterocycles. The lowest BCUT2D eigenvalue weighted by Gasteiger charge is -2.00. The molecule has 3 rings (SSSR count). The molecule has 4 heteroatoms. The molecule has 0 amide bonds. The summed E-state index contributed by atoms with van der Waals surface area (Å²) < 4.78 is 10.9. The third kappa shape index (κ3) is 3.76. The number of carbonyl (C=O) groups excluding carboxylic acids is 1. The first-order valence-corrected chi connectivity index (χ1v) is 7.76. The third-order valence-corrected chi connectivity index (χ3v) is 3.72. The van der Waals surface area contributed by atoms with Crippen molar-refractivity contribution in [3.05, 3.63) is 83.1 Å². The molecule has 24 heavy (non-hydrogen) atoms. The standard InChI is InChI=1S/C20H15ClO3/c1-23-18-7-3-4-14(13-18)19(22)10-8-17-9-11-20(24-17)15-5-2-6-16(21)12-15/h2-13H,1H3/b10-8+. The molecule has 0 atom stereocenters. The lowest BCUT2D eigenvalue weighted by molar-refractivity contribution is 0.104. The molecule has 0 unspecified atom stereocenters. The van der Waals surface area contributed by atoms with Crippen LogP contribution in [-0.2, 0) is 0 Å². The summed E-state index contributed by atoms with van der Waals surface area (Å²) in [6.07, 6.45) is 3.13. The lowest BCUT2D eigenvalue weighted by Crippen LogP contribution is -1.94. The molecule has 3 nitrogen and oxygen atoms in total. The lowest BCUT2D eigenvalue weighted by atomic mass is 10.1. The van der Waals surface area contributed by atoms with E-state index in [1.54, 1.807) is 37.5 Å². The largest absolute Gasteiger partial charge is 0.497 e. The van der Waals surface area contributed by atoms with Gasteiger partial charge in [0.05, 0.1) is 7.11 Å². The molecule has 0 bridgehead atoms. The topological polar surface area (TPSA) is 39.4 Å². The molecule has 1 aromatic heterocycles. The number of ether oxygens (including phenoxy) is 1. The maximum atomic E-state index is 12.2. The van der Waals surface area contributed by atoms with Gasteiger partial charge in [-0.3, -0.25) is 4.79 Å². The molecule has 1 heterocycles. The monoisotopic (exact) mass is 338 g/mol. The van der Waals surface area contributed by atoms with Crippen molar-refractivity contribution in [1.82, 2.24) is 0 Å². The average Bonchev–Trinajstić information content (AvgIpc) is 3.09. The van der Waals surface area contributed by atoms with Gasteiger partial charge in [-0.25, -0.2) is 0 Å². The van der Waals surface area contributed by atoms with Gasteiger partial charge in [-0.05, 0) is 48.6 Å². The van der Waals surface area contributed by atoms with Crippen LogP contribution >= 0.6 is 11.6 Å². The highest BCUT2D eigenvalue weighted by Crippen LogP contribution is 2.25. The molecule has 0 aliphatic rings. The van der Waals surface area contributed by atoms with Gasteiger partial charge in [-0.15, -0.1) is 0 Å². The van der Waals surface area contributed by atoms with Crippen molar-refractivity contribution in [2.45, 2.75) is 0 Å². The second-order valence-electron chi connectivity index (χ2n) is 5.14. The fourth-order valence-corrected chi connectivity index (χ4v) is 2.46. The van der Waals surface area contributed by atoms with Crippen LogP contribution in [0.3, 0.4) is 0 Å². The Labute approximate surface area is 145 Å². The van der Waals surface area contributed by atoms with Crippen molar-refractivity contribution in [3.8, 4) is 17.1 Å². The zero-order valence-corrected chi connectivity index (χ0v) is 13.8. The van der Waals surface area contributed by atoms with E-state index in [9.17, 15) is 4.79 Å². The predicted molar refractivity (Wildman–Crippen MR) is 95.5 cm³/mol. The number of furan rings is 1. The zero-order chi connectivity index (χ0) is 16.9. The highest BCUT2D eigenvalue weighted by Gasteiger charge is 2.06. The number of hydrogen-bond donors (Lipinski definition) is 0. The van der Waals surface area contributed by atoms with Gasteiger partial charge in [0.25, 0.3) is 0 Å². The van der Waals surface area contributed by atoms with Crippen LogP contribution in [0.1, 0.15) is 16.1 Å². The van der Waals surface area contributed by atoms with Crippen LogP contribution in [0.2, 0.25) is 5.02 Å². The van der Waals surface area contributed by atoms with Crippen molar-refractivity contribution in [2.24, 2.45) is 0 Å². The highest BCUT2D eigenvalue weighted by molar-refractivity contribution is 6.30. The number of halogens is 1. The maximum Gasteiger partial charge on any atom is 0.186 e. The van der Waals surface area contributed by atoms with Crippen LogP contribution in [-0.4, -0.2) is 12.9 Å². The number of allylic oxidation sites excluding steroid dienone is 1. The van der Waals surface area contributed by atoms with Crippen LogP contribution in [0, 0.1) is 0 Å². The molecule has 0 N–H and O–H groups in total. The Balaban J connectivity index is 1.76. The second-order valence-corrected chi connectivity index (χ2v) is 5.58. The van der Waals surface area contributed by atoms with Gasteiger partial charge < -0.3 is 9.15 Å². The molecule has 3 aromatic rings. The van der Waals surface area contributed by atoms with Crippen LogP contribution in [0.25, 0.3) is 17.4 Å². The quantitative estimate of drug-likeness (QED) is 0.455. The highest BCUT2D eigenvalue weighted by atomic mass is 35.5. The maximum absolute atomic E-state index is 12.2. The molecular formula is C20H15ClO3. The van der Waals surface area contributed by atoms with E-state index in [1.165, 1.54) is 6.08 Å². The number of benzene rings is 2. The first-order chi connectivity index (χ1) is 11.7. The van der Waals surface area contributed by atoms with Crippen molar-refractivity contribution < 1.29 is 13.9 Å². The van der Waals surface area contributed by atoms with Gasteiger partial charge in [-0.2, -0.15) is 0 Å². The van der Waals surface area contributed by atoms with Crippen molar-refractivity contribution in [1.29, 1.82) is 0 Å². The van der Waals surface area contributed by atoms with E-state index in [0.717, 1.165) is 5.56 Å². The summed E-state index contributed by atoms with van der Waals surface area (Å²) in [4.78, 5) is 12.2. The van der Waals surface area contributed by atoms with Crippen molar-refractivity contribution >= 4 is 23.5 Å². The predicted octanol–water partition coefficient (Wildman–Crippen LogP) is 5.50. The fraction of sp³-hybridized carbons (Fsp3) is 0.0500. The van der Waals surface area contributed by atoms with Gasteiger partial charge in [0.2, 0.25) is 0 Å². The fourth-order valence-electron chi connectivity index (χ4n) is 2.27. The summed E-state index contributed by atoms with van der Waals surface area (Å²) in [5.74, 6) is 1.83. The van der Waals surface area contributed by atoms with Gasteiger partial charge >= 0.3 is 0 Å². The summed E-state index contributed by atoms with van der Waals surface area (Å²) >= 11 is 5.99. The Bertz CT molecular complexity index is 893. The Kier molecular flexibility index (Phi) is 4.82. The number of hydrogen-bond acceptors (Lipinski definition) is 3. The number of methoxy groups -OCH3 is 1. The van der Waals surface area contributed by atoms with E-state index < -0.39 is 0 Å². The summed E-state index contributed by atoms with van der Waals surface area (Å²) in [5.41, 5.74) is 1.45. The normalized spacial score (nSPS) is 10.9. The van der Waals surface area contributed by atoms with Crippen molar-refractivity contribution in [2.75, 3.05) is 7.11 Å². The Hall–Kier alpha value is -2.78. The van der Waals surface area contributed by atoms with Crippen LogP contribution in [0.5, 0.6) is 5.75 Å². The molecule has 120 valence electrons. The molecule has 0 fully saturated rings. The van der Waals surface area contributed by atoms with Crippen LogP contribution in [0.15, 0.2) is 71.2 Å². The zero-order valence-electron chi connectivity index (χ0n) is 13.0. The molecule has 0 aliphatic carbocycles. The Morgan fingerprint density at radius 3 is 2.71 bits per heavy atom. The number of rotatable bonds is 5. The molecular weight excluding hydrogens is 324 g/mol. The molecule has 0 saturated carbocycles. The SMILES string of the molecule is COc1cccc(C(=O)/C=C/c2ccc(-c3cccc(Cl)c3)o2)c1. The van der Waals surface area contributed by atoms with E-state index in [2.05, 4.69) is 0 Å². The number of ketones is 1. The second kappa shape index (κ2) is 7.20. The molecule has 2 aromatic carbocycles. The third-order valence-electron chi connectivity index (χ3n) is 3.49. The number of carbonyl (C=O) groups is 1. The minimum Gasteiger partial charge on any atom is -0.497 e. The van der Waals surface area contributed by atoms with Gasteiger partial charge in [0, 0.05) is 16.1 Å². The first-order valence-electron chi connectivity index (χ1n) is 7.38. The van der Waals surface area contributed by atoms with E-state index in [0.29, 0.717) is 27.9 Å². The van der Waals surface area contributed by atoms with E-state index in [4.69, 9.17) is 20.8 Å². The minimum atomic E-state index is -0.116. The molecule has 0 spiro atoms. The Morgan fingerprint density at radius 1 is 1.08 bits per heavy atom. The minimum absolute atomic E-state index is 0.116. The van der Waals surface area contributed by atoms with E-state index in [-0.39, 0.29) is 5.78 Å². The molecule has 0 aliphatic heterocycles. The smallest absolute Gasteiger partial charge is 0.186 e. The van der Waals surface area contributed by atoms with Gasteiger partial charge in [0.15, 0.2) is 5.78 Å². The van der Waals surface area contributed by atoms with Crippen LogP contribution < -0.4 is 4.74 Å². The summed E-state index contributed by atoms with van der Waals surface area (Å²) in [5, 5.41) is 0.647. The Morgan fingerprint density at radius 2 is 1.92 bits per heavy atom. The van der Waals surface area contributed by atoms with Crippen molar-refractivity contribution in [3.63, 3.8) is 0 Å². The van der Waals surface area contributed by atoms with E-state index >= 15 is 0 Å². The molecule has 0 radical (unpaired) electrons.